The highest BCUT2D eigenvalue weighted by atomic mass is 35.5. The molecule has 2 fully saturated rings. The van der Waals surface area contributed by atoms with Crippen molar-refractivity contribution >= 4 is 23.2 Å². The molecule has 0 aromatic heterocycles. The number of piperazine rings is 1. The van der Waals surface area contributed by atoms with Crippen LogP contribution in [0.2, 0.25) is 5.02 Å². The molecule has 0 spiro atoms. The van der Waals surface area contributed by atoms with E-state index in [1.807, 2.05) is 18.2 Å². The normalized spacial score (nSPS) is 20.8. The smallest absolute Gasteiger partial charge is 0.191 e. The summed E-state index contributed by atoms with van der Waals surface area (Å²) in [6.07, 6.45) is 2.39. The topological polar surface area (TPSA) is 44.9 Å². The fraction of sp³-hybridized carbons (Fsp3) is 0.500. The molecule has 1 aliphatic carbocycles. The standard InChI is InChI=1S/C14H19ClN4/c15-12-3-1-2-4-13(12)18-7-9-19(10-8-18)14(16)17-11-5-6-11/h1-4,11H,5-10H2,(H2,16,17). The van der Waals surface area contributed by atoms with Gasteiger partial charge in [0, 0.05) is 26.2 Å². The van der Waals surface area contributed by atoms with Crippen LogP contribution < -0.4 is 10.6 Å². The second-order valence-corrected chi connectivity index (χ2v) is 5.55. The van der Waals surface area contributed by atoms with Gasteiger partial charge in [-0.05, 0) is 25.0 Å². The summed E-state index contributed by atoms with van der Waals surface area (Å²) in [6, 6.07) is 8.48. The van der Waals surface area contributed by atoms with Crippen molar-refractivity contribution in [3.8, 4) is 0 Å². The van der Waals surface area contributed by atoms with Gasteiger partial charge in [-0.25, -0.2) is 4.99 Å². The van der Waals surface area contributed by atoms with Crippen molar-refractivity contribution < 1.29 is 0 Å². The van der Waals surface area contributed by atoms with Gasteiger partial charge in [0.25, 0.3) is 0 Å². The van der Waals surface area contributed by atoms with Crippen LogP contribution in [0.1, 0.15) is 12.8 Å². The maximum Gasteiger partial charge on any atom is 0.191 e. The highest BCUT2D eigenvalue weighted by molar-refractivity contribution is 6.33. The fourth-order valence-electron chi connectivity index (χ4n) is 2.36. The number of halogens is 1. The number of nitrogens with two attached hydrogens (primary N) is 1. The Labute approximate surface area is 118 Å². The van der Waals surface area contributed by atoms with E-state index in [2.05, 4.69) is 20.9 Å². The van der Waals surface area contributed by atoms with Crippen LogP contribution in [0.5, 0.6) is 0 Å². The first-order valence-electron chi connectivity index (χ1n) is 6.82. The summed E-state index contributed by atoms with van der Waals surface area (Å²) < 4.78 is 0. The van der Waals surface area contributed by atoms with Crippen LogP contribution in [-0.4, -0.2) is 43.1 Å². The lowest BCUT2D eigenvalue weighted by atomic mass is 10.2. The molecule has 0 unspecified atom stereocenters. The van der Waals surface area contributed by atoms with Crippen molar-refractivity contribution in [2.24, 2.45) is 10.7 Å². The Kier molecular flexibility index (Phi) is 3.51. The Balaban J connectivity index is 1.61. The summed E-state index contributed by atoms with van der Waals surface area (Å²) >= 11 is 6.23. The van der Waals surface area contributed by atoms with E-state index in [1.165, 1.54) is 12.8 Å². The fourth-order valence-corrected chi connectivity index (χ4v) is 2.61. The first-order valence-corrected chi connectivity index (χ1v) is 7.19. The Morgan fingerprint density at radius 1 is 1.16 bits per heavy atom. The minimum atomic E-state index is 0.488. The molecule has 0 bridgehead atoms. The Bertz CT molecular complexity index is 476. The summed E-state index contributed by atoms with van der Waals surface area (Å²) in [5.41, 5.74) is 7.15. The second kappa shape index (κ2) is 5.29. The number of nitrogens with zero attached hydrogens (tertiary/aromatic N) is 3. The van der Waals surface area contributed by atoms with Crippen LogP contribution in [0.3, 0.4) is 0 Å². The molecular formula is C14H19ClN4. The van der Waals surface area contributed by atoms with Gasteiger partial charge in [0.1, 0.15) is 0 Å². The molecule has 0 atom stereocenters. The lowest BCUT2D eigenvalue weighted by Gasteiger charge is -2.37. The maximum atomic E-state index is 6.23. The van der Waals surface area contributed by atoms with Gasteiger partial charge in [-0.3, -0.25) is 0 Å². The molecule has 102 valence electrons. The minimum Gasteiger partial charge on any atom is -0.370 e. The number of guanidine groups is 1. The molecule has 1 aromatic rings. The van der Waals surface area contributed by atoms with E-state index in [1.54, 1.807) is 0 Å². The highest BCUT2D eigenvalue weighted by Crippen LogP contribution is 2.26. The molecule has 4 nitrogen and oxygen atoms in total. The quantitative estimate of drug-likeness (QED) is 0.664. The lowest BCUT2D eigenvalue weighted by molar-refractivity contribution is 0.380. The number of rotatable bonds is 2. The van der Waals surface area contributed by atoms with E-state index in [9.17, 15) is 0 Å². The summed E-state index contributed by atoms with van der Waals surface area (Å²) in [4.78, 5) is 8.98. The van der Waals surface area contributed by atoms with Gasteiger partial charge >= 0.3 is 0 Å². The van der Waals surface area contributed by atoms with Gasteiger partial charge in [-0.1, -0.05) is 23.7 Å². The summed E-state index contributed by atoms with van der Waals surface area (Å²) in [6.45, 7) is 3.69. The molecule has 0 amide bonds. The largest absolute Gasteiger partial charge is 0.370 e. The van der Waals surface area contributed by atoms with E-state index in [0.29, 0.717) is 12.0 Å². The van der Waals surface area contributed by atoms with Crippen LogP contribution in [0.15, 0.2) is 29.3 Å². The second-order valence-electron chi connectivity index (χ2n) is 5.14. The van der Waals surface area contributed by atoms with Crippen LogP contribution in [-0.2, 0) is 0 Å². The van der Waals surface area contributed by atoms with E-state index in [4.69, 9.17) is 17.3 Å². The lowest BCUT2D eigenvalue weighted by Crippen LogP contribution is -2.51. The molecule has 1 saturated carbocycles. The van der Waals surface area contributed by atoms with Crippen molar-refractivity contribution in [1.82, 2.24) is 4.90 Å². The SMILES string of the molecule is NC(=NC1CC1)N1CCN(c2ccccc2Cl)CC1. The molecule has 1 aromatic carbocycles. The number of benzene rings is 1. The van der Waals surface area contributed by atoms with E-state index >= 15 is 0 Å². The predicted octanol–water partition coefficient (Wildman–Crippen LogP) is 1.94. The highest BCUT2D eigenvalue weighted by Gasteiger charge is 2.24. The first-order chi connectivity index (χ1) is 9.24. The molecule has 1 heterocycles. The van der Waals surface area contributed by atoms with Crippen LogP contribution in [0, 0.1) is 0 Å². The zero-order chi connectivity index (χ0) is 13.2. The summed E-state index contributed by atoms with van der Waals surface area (Å²) in [5.74, 6) is 0.710. The Morgan fingerprint density at radius 3 is 2.47 bits per heavy atom. The zero-order valence-electron chi connectivity index (χ0n) is 10.9. The average molecular weight is 279 g/mol. The summed E-state index contributed by atoms with van der Waals surface area (Å²) in [7, 11) is 0. The van der Waals surface area contributed by atoms with Gasteiger partial charge in [0.2, 0.25) is 0 Å². The first kappa shape index (κ1) is 12.6. The molecule has 0 radical (unpaired) electrons. The van der Waals surface area contributed by atoms with Crippen LogP contribution in [0.4, 0.5) is 5.69 Å². The third kappa shape index (κ3) is 2.95. The zero-order valence-corrected chi connectivity index (χ0v) is 11.7. The van der Waals surface area contributed by atoms with Crippen LogP contribution >= 0.6 is 11.6 Å². The van der Waals surface area contributed by atoms with Crippen molar-refractivity contribution in [1.29, 1.82) is 0 Å². The Hall–Kier alpha value is -1.42. The van der Waals surface area contributed by atoms with E-state index in [0.717, 1.165) is 36.9 Å². The molecule has 3 rings (SSSR count). The van der Waals surface area contributed by atoms with Crippen molar-refractivity contribution in [2.75, 3.05) is 31.1 Å². The monoisotopic (exact) mass is 278 g/mol. The van der Waals surface area contributed by atoms with Gasteiger partial charge in [0.05, 0.1) is 16.8 Å². The minimum absolute atomic E-state index is 0.488. The predicted molar refractivity (Wildman–Crippen MR) is 79.9 cm³/mol. The molecule has 2 N–H and O–H groups in total. The third-order valence-electron chi connectivity index (χ3n) is 3.66. The van der Waals surface area contributed by atoms with Crippen molar-refractivity contribution in [3.05, 3.63) is 29.3 Å². The summed E-state index contributed by atoms with van der Waals surface area (Å²) in [5, 5.41) is 0.815. The number of para-hydroxylation sites is 1. The van der Waals surface area contributed by atoms with Gasteiger partial charge in [-0.2, -0.15) is 0 Å². The average Bonchev–Trinajstić information content (AvgIpc) is 3.23. The number of anilines is 1. The molecule has 1 aliphatic heterocycles. The molecule has 1 saturated heterocycles. The van der Waals surface area contributed by atoms with Gasteiger partial charge in [0.15, 0.2) is 5.96 Å². The number of hydrogen-bond acceptors (Lipinski definition) is 2. The van der Waals surface area contributed by atoms with Crippen LogP contribution in [0.25, 0.3) is 0 Å². The van der Waals surface area contributed by atoms with Crippen molar-refractivity contribution in [2.45, 2.75) is 18.9 Å². The number of aliphatic imine (C=N–C) groups is 1. The van der Waals surface area contributed by atoms with Crippen molar-refractivity contribution in [3.63, 3.8) is 0 Å². The van der Waals surface area contributed by atoms with E-state index < -0.39 is 0 Å². The van der Waals surface area contributed by atoms with Gasteiger partial charge < -0.3 is 15.5 Å². The molecule has 2 aliphatic rings. The third-order valence-corrected chi connectivity index (χ3v) is 3.98. The molecule has 19 heavy (non-hydrogen) atoms. The van der Waals surface area contributed by atoms with E-state index in [-0.39, 0.29) is 0 Å². The maximum absolute atomic E-state index is 6.23. The molecular weight excluding hydrogens is 260 g/mol. The number of hydrogen-bond donors (Lipinski definition) is 1. The molecule has 5 heteroatoms. The Morgan fingerprint density at radius 2 is 1.84 bits per heavy atom. The van der Waals surface area contributed by atoms with Gasteiger partial charge in [-0.15, -0.1) is 0 Å².